The van der Waals surface area contributed by atoms with Gasteiger partial charge in [0.2, 0.25) is 0 Å². The van der Waals surface area contributed by atoms with Gasteiger partial charge in [0.05, 0.1) is 25.8 Å². The summed E-state index contributed by atoms with van der Waals surface area (Å²) < 4.78 is 22.0. The summed E-state index contributed by atoms with van der Waals surface area (Å²) in [4.78, 5) is 15.3. The Kier molecular flexibility index (Phi) is 13.3. The average Bonchev–Trinajstić information content (AvgIpc) is 3.73. The van der Waals surface area contributed by atoms with Crippen molar-refractivity contribution in [3.05, 3.63) is 125 Å². The molecule has 4 N–H and O–H groups in total. The van der Waals surface area contributed by atoms with Crippen LogP contribution >= 0.6 is 0 Å². The van der Waals surface area contributed by atoms with E-state index in [4.69, 9.17) is 14.2 Å². The van der Waals surface area contributed by atoms with Gasteiger partial charge in [-0.1, -0.05) is 84.9 Å². The van der Waals surface area contributed by atoms with Gasteiger partial charge in [-0.25, -0.2) is 13.9 Å². The Labute approximate surface area is 351 Å². The minimum atomic E-state index is -1.26. The number of aliphatic hydroxyl groups is 3. The zero-order chi connectivity index (χ0) is 38.8. The molecule has 3 aliphatic rings. The van der Waals surface area contributed by atoms with Crippen LogP contribution in [0, 0.1) is 0 Å². The van der Waals surface area contributed by atoms with E-state index in [2.05, 4.69) is 75.7 Å². The first-order chi connectivity index (χ1) is 27.3. The molecule has 2 fully saturated rings. The van der Waals surface area contributed by atoms with Crippen molar-refractivity contribution in [2.75, 3.05) is 32.8 Å². The molecule has 0 radical (unpaired) electrons. The molecule has 11 nitrogen and oxygen atoms in total. The zero-order valence-corrected chi connectivity index (χ0v) is 34.7. The summed E-state index contributed by atoms with van der Waals surface area (Å²) in [7, 11) is 0. The molecule has 12 heteroatoms. The van der Waals surface area contributed by atoms with Crippen molar-refractivity contribution >= 4 is 17.1 Å². The zero-order valence-electron chi connectivity index (χ0n) is 32.5. The highest BCUT2D eigenvalue weighted by atomic mass is 127. The number of halogens is 1. The monoisotopic (exact) mass is 888 g/mol. The lowest BCUT2D eigenvalue weighted by molar-refractivity contribution is -0.676. The van der Waals surface area contributed by atoms with Gasteiger partial charge in [-0.15, -0.1) is 0 Å². The van der Waals surface area contributed by atoms with Gasteiger partial charge in [-0.05, 0) is 85.6 Å². The molecule has 0 saturated carbocycles. The average molecular weight is 889 g/mol. The molecule has 2 saturated heterocycles. The minimum absolute atomic E-state index is 0. The van der Waals surface area contributed by atoms with E-state index < -0.39 is 36.8 Å². The molecule has 1 aromatic heterocycles. The van der Waals surface area contributed by atoms with Crippen LogP contribution in [0.4, 0.5) is 4.79 Å². The number of hydrogen-bond acceptors (Lipinski definition) is 8. The van der Waals surface area contributed by atoms with Crippen LogP contribution in [0.25, 0.3) is 22.2 Å². The molecule has 5 atom stereocenters. The first-order valence-corrected chi connectivity index (χ1v) is 20.1. The highest BCUT2D eigenvalue weighted by Crippen LogP contribution is 2.44. The largest absolute Gasteiger partial charge is 1.00 e. The van der Waals surface area contributed by atoms with Crippen molar-refractivity contribution in [1.82, 2.24) is 14.8 Å². The number of benzene rings is 4. The maximum Gasteiger partial charge on any atom is 0.407 e. The van der Waals surface area contributed by atoms with Gasteiger partial charge >= 0.3 is 6.09 Å². The Hall–Kier alpha value is -3.89. The molecule has 8 rings (SSSR count). The SMILES string of the molecule is CCn1c(CNC(=O)OCC2c3ccccc3-c3ccccc32)[n+](CC)c2ccc(C3CCN(CC(O)C(O)[C@@H]4OC(c5ccccc5)OC[C@H]4O)CC3)cc21.[I-]. The summed E-state index contributed by atoms with van der Waals surface area (Å²) in [5.74, 6) is 1.38. The van der Waals surface area contributed by atoms with Gasteiger partial charge in [-0.3, -0.25) is 0 Å². The Morgan fingerprint density at radius 1 is 0.912 bits per heavy atom. The number of nitrogens with one attached hydrogen (secondary N) is 1. The number of nitrogens with zero attached hydrogens (tertiary/aromatic N) is 3. The Morgan fingerprint density at radius 2 is 1.58 bits per heavy atom. The summed E-state index contributed by atoms with van der Waals surface area (Å²) >= 11 is 0. The molecule has 4 aromatic carbocycles. The van der Waals surface area contributed by atoms with Crippen LogP contribution < -0.4 is 33.9 Å². The number of aryl methyl sites for hydroxylation is 2. The summed E-state index contributed by atoms with van der Waals surface area (Å²) in [6.07, 6.45) is -3.68. The van der Waals surface area contributed by atoms with Gasteiger partial charge in [0.15, 0.2) is 17.3 Å². The number of ether oxygens (including phenoxy) is 3. The van der Waals surface area contributed by atoms with E-state index in [1.165, 1.54) is 27.8 Å². The standard InChI is InChI=1S/C45H52N4O7.HI/c1-3-48-37-19-18-31(29-20-22-47(23-21-29)26-39(50)42(52)43-40(51)28-54-44(56-43)30-12-6-5-7-13-30)24-38(37)49(4-2)41(48)25-46-45(53)55-27-36-34-16-10-8-14-32(34)33-15-9-11-17-35(33)36;/h5-19,24,29,36,39-40,42-44,50-52H,3-4,20-23,25-28H2,1-2H3;1H/t39?,40-,42?,43-,44?;/m1./s1. The summed E-state index contributed by atoms with van der Waals surface area (Å²) in [6.45, 7) is 8.24. The molecule has 3 heterocycles. The second-order valence-corrected chi connectivity index (χ2v) is 15.2. The number of alkyl carbamates (subject to hydrolysis) is 1. The first-order valence-electron chi connectivity index (χ1n) is 20.1. The number of likely N-dealkylation sites (tertiary alicyclic amines) is 1. The van der Waals surface area contributed by atoms with E-state index >= 15 is 0 Å². The summed E-state index contributed by atoms with van der Waals surface area (Å²) in [6, 6.07) is 32.8. The topological polar surface area (TPSA) is 130 Å². The highest BCUT2D eigenvalue weighted by Gasteiger charge is 2.40. The number of hydrogen-bond donors (Lipinski definition) is 4. The predicted octanol–water partition coefficient (Wildman–Crippen LogP) is 2.39. The van der Waals surface area contributed by atoms with Crippen LogP contribution in [-0.2, 0) is 33.8 Å². The fourth-order valence-corrected chi connectivity index (χ4v) is 9.05. The molecular weight excluding hydrogens is 835 g/mol. The van der Waals surface area contributed by atoms with Gasteiger partial charge in [-0.2, -0.15) is 0 Å². The number of carbonyl (C=O) groups excluding carboxylic acids is 1. The lowest BCUT2D eigenvalue weighted by atomic mass is 9.89. The van der Waals surface area contributed by atoms with Crippen molar-refractivity contribution in [2.45, 2.75) is 88.9 Å². The van der Waals surface area contributed by atoms with Crippen molar-refractivity contribution in [3.63, 3.8) is 0 Å². The smallest absolute Gasteiger partial charge is 0.407 e. The van der Waals surface area contributed by atoms with E-state index in [-0.39, 0.29) is 49.7 Å². The number of β-amino-alcohol motifs (C(OH)–C–C–N with tert-alkyl or cyclic N) is 1. The molecule has 57 heavy (non-hydrogen) atoms. The summed E-state index contributed by atoms with van der Waals surface area (Å²) in [5, 5.41) is 35.8. The molecule has 3 unspecified atom stereocenters. The fraction of sp³-hybridized carbons (Fsp3) is 0.422. The van der Waals surface area contributed by atoms with Crippen molar-refractivity contribution < 1.29 is 62.9 Å². The van der Waals surface area contributed by atoms with Crippen molar-refractivity contribution in [1.29, 1.82) is 0 Å². The van der Waals surface area contributed by atoms with Gasteiger partial charge in [0.1, 0.15) is 31.5 Å². The van der Waals surface area contributed by atoms with Gasteiger partial charge in [0, 0.05) is 18.0 Å². The second kappa shape index (κ2) is 18.4. The normalized spacial score (nSPS) is 21.0. The van der Waals surface area contributed by atoms with Crippen LogP contribution in [0.1, 0.15) is 72.9 Å². The maximum atomic E-state index is 13.2. The lowest BCUT2D eigenvalue weighted by Crippen LogP contribution is -3.00. The Bertz CT molecular complexity index is 2090. The molecule has 2 aliphatic heterocycles. The van der Waals surface area contributed by atoms with Gasteiger partial charge in [0.25, 0.3) is 5.82 Å². The molecule has 1 amide bonds. The molecule has 5 aromatic rings. The highest BCUT2D eigenvalue weighted by molar-refractivity contribution is 5.79. The minimum Gasteiger partial charge on any atom is -1.00 e. The molecular formula is C45H53IN4O7. The number of fused-ring (bicyclic) bond motifs is 4. The van der Waals surface area contributed by atoms with Crippen LogP contribution in [-0.4, -0.2) is 88.1 Å². The van der Waals surface area contributed by atoms with E-state index in [9.17, 15) is 20.1 Å². The van der Waals surface area contributed by atoms with Crippen molar-refractivity contribution in [3.8, 4) is 11.1 Å². The third-order valence-electron chi connectivity index (χ3n) is 12.0. The van der Waals surface area contributed by atoms with E-state index in [0.29, 0.717) is 12.5 Å². The number of piperidine rings is 1. The Balaban J connectivity index is 0.00000496. The molecule has 302 valence electrons. The molecule has 1 aliphatic carbocycles. The van der Waals surface area contributed by atoms with E-state index in [0.717, 1.165) is 61.4 Å². The summed E-state index contributed by atoms with van der Waals surface area (Å²) in [5.41, 5.74) is 9.12. The van der Waals surface area contributed by atoms with Crippen LogP contribution in [0.3, 0.4) is 0 Å². The molecule has 0 spiro atoms. The predicted molar refractivity (Wildman–Crippen MR) is 212 cm³/mol. The van der Waals surface area contributed by atoms with Crippen LogP contribution in [0.5, 0.6) is 0 Å². The van der Waals surface area contributed by atoms with E-state index in [1.807, 2.05) is 54.6 Å². The number of aromatic nitrogens is 2. The third kappa shape index (κ3) is 8.49. The number of carbonyl (C=O) groups is 1. The van der Waals surface area contributed by atoms with Crippen molar-refractivity contribution in [2.24, 2.45) is 0 Å². The fourth-order valence-electron chi connectivity index (χ4n) is 9.05. The number of amides is 1. The number of aliphatic hydroxyl groups excluding tert-OH is 3. The van der Waals surface area contributed by atoms with Crippen LogP contribution in [0.15, 0.2) is 97.1 Å². The van der Waals surface area contributed by atoms with Gasteiger partial charge < -0.3 is 63.7 Å². The van der Waals surface area contributed by atoms with E-state index in [1.54, 1.807) is 0 Å². The maximum absolute atomic E-state index is 13.2. The second-order valence-electron chi connectivity index (χ2n) is 15.2. The first kappa shape index (κ1) is 41.3. The van der Waals surface area contributed by atoms with Crippen LogP contribution in [0.2, 0.25) is 0 Å². The lowest BCUT2D eigenvalue weighted by Gasteiger charge is -2.39. The number of imidazole rings is 1. The molecule has 0 bridgehead atoms. The number of rotatable bonds is 12. The third-order valence-corrected chi connectivity index (χ3v) is 12.0. The Morgan fingerprint density at radius 3 is 2.25 bits per heavy atom. The quantitative estimate of drug-likeness (QED) is 0.111.